The number of carbonyl (C=O) groups excluding carboxylic acids is 1. The van der Waals surface area contributed by atoms with Gasteiger partial charge in [0.25, 0.3) is 0 Å². The van der Waals surface area contributed by atoms with Crippen LogP contribution in [0.25, 0.3) is 0 Å². The number of aliphatic hydroxyl groups is 4. The molecule has 98 valence electrons. The molecule has 0 aromatic rings. The Kier molecular flexibility index (Phi) is 4.61. The molecule has 4 N–H and O–H groups in total. The molecule has 17 heavy (non-hydrogen) atoms. The molecule has 1 saturated heterocycles. The largest absolute Gasteiger partial charge is 0.453 e. The van der Waals surface area contributed by atoms with Crippen molar-refractivity contribution in [3.63, 3.8) is 0 Å². The van der Waals surface area contributed by atoms with Gasteiger partial charge in [0, 0.05) is 5.57 Å². The Labute approximate surface area is 97.9 Å². The van der Waals surface area contributed by atoms with Gasteiger partial charge in [0.1, 0.15) is 18.3 Å². The second-order valence-electron chi connectivity index (χ2n) is 3.88. The predicted molar refractivity (Wildman–Crippen MR) is 54.7 cm³/mol. The second-order valence-corrected chi connectivity index (χ2v) is 3.88. The first kappa shape index (κ1) is 14.1. The van der Waals surface area contributed by atoms with E-state index < -0.39 is 43.3 Å². The Morgan fingerprint density at radius 1 is 1.35 bits per heavy atom. The van der Waals surface area contributed by atoms with Gasteiger partial charge < -0.3 is 29.9 Å². The Hall–Kier alpha value is -0.990. The summed E-state index contributed by atoms with van der Waals surface area (Å²) in [6.45, 7) is 4.17. The van der Waals surface area contributed by atoms with Crippen molar-refractivity contribution >= 4 is 5.97 Å². The Balaban J connectivity index is 2.78. The Morgan fingerprint density at radius 2 is 1.94 bits per heavy atom. The van der Waals surface area contributed by atoms with Gasteiger partial charge in [0.15, 0.2) is 12.4 Å². The molecule has 0 bridgehead atoms. The van der Waals surface area contributed by atoms with Crippen LogP contribution in [0.1, 0.15) is 6.92 Å². The van der Waals surface area contributed by atoms with Crippen molar-refractivity contribution in [2.45, 2.75) is 37.6 Å². The van der Waals surface area contributed by atoms with Crippen LogP contribution in [0.3, 0.4) is 0 Å². The highest BCUT2D eigenvalue weighted by Gasteiger charge is 2.46. The molecule has 0 aliphatic carbocycles. The zero-order valence-electron chi connectivity index (χ0n) is 9.31. The van der Waals surface area contributed by atoms with Crippen molar-refractivity contribution in [2.75, 3.05) is 6.61 Å². The molecular formula is C10H16O7. The molecule has 0 aromatic carbocycles. The van der Waals surface area contributed by atoms with Gasteiger partial charge in [-0.1, -0.05) is 6.58 Å². The quantitative estimate of drug-likeness (QED) is 0.334. The normalized spacial score (nSPS) is 37.6. The summed E-state index contributed by atoms with van der Waals surface area (Å²) < 4.78 is 9.51. The second kappa shape index (κ2) is 5.56. The van der Waals surface area contributed by atoms with Gasteiger partial charge in [0.2, 0.25) is 0 Å². The van der Waals surface area contributed by atoms with Gasteiger partial charge in [-0.15, -0.1) is 0 Å². The van der Waals surface area contributed by atoms with Crippen LogP contribution in [0.2, 0.25) is 0 Å². The molecule has 0 aromatic heterocycles. The zero-order valence-corrected chi connectivity index (χ0v) is 9.31. The first-order valence-corrected chi connectivity index (χ1v) is 5.05. The molecule has 1 unspecified atom stereocenters. The lowest BCUT2D eigenvalue weighted by Crippen LogP contribution is -2.59. The number of hydrogen-bond donors (Lipinski definition) is 4. The van der Waals surface area contributed by atoms with E-state index in [0.29, 0.717) is 0 Å². The van der Waals surface area contributed by atoms with Gasteiger partial charge in [-0.2, -0.15) is 0 Å². The first-order chi connectivity index (χ1) is 7.88. The Bertz CT molecular complexity index is 303. The lowest BCUT2D eigenvalue weighted by atomic mass is 9.99. The maximum Gasteiger partial charge on any atom is 0.333 e. The van der Waals surface area contributed by atoms with E-state index in [1.807, 2.05) is 0 Å². The van der Waals surface area contributed by atoms with Gasteiger partial charge >= 0.3 is 5.97 Å². The molecule has 1 rings (SSSR count). The van der Waals surface area contributed by atoms with Crippen LogP contribution >= 0.6 is 0 Å². The van der Waals surface area contributed by atoms with Crippen molar-refractivity contribution in [2.24, 2.45) is 0 Å². The number of hydrogen-bond acceptors (Lipinski definition) is 7. The summed E-state index contributed by atoms with van der Waals surface area (Å²) in [6, 6.07) is 0. The first-order valence-electron chi connectivity index (χ1n) is 5.05. The monoisotopic (exact) mass is 248 g/mol. The topological polar surface area (TPSA) is 116 Å². The Morgan fingerprint density at radius 3 is 2.41 bits per heavy atom. The summed E-state index contributed by atoms with van der Waals surface area (Å²) >= 11 is 0. The fourth-order valence-corrected chi connectivity index (χ4v) is 1.43. The molecule has 7 nitrogen and oxygen atoms in total. The van der Waals surface area contributed by atoms with E-state index >= 15 is 0 Å². The molecule has 0 saturated carbocycles. The standard InChI is InChI=1S/C10H16O7/c1-4(2)9(14)17-8-6(12)5(3-11)16-10(15)7(8)13/h5-8,10-13,15H,1,3H2,2H3/t5-,6+,7-,8+,10?/m1/s1. The average molecular weight is 248 g/mol. The van der Waals surface area contributed by atoms with Gasteiger partial charge in [0.05, 0.1) is 6.61 Å². The van der Waals surface area contributed by atoms with E-state index in [9.17, 15) is 20.1 Å². The molecule has 1 fully saturated rings. The fraction of sp³-hybridized carbons (Fsp3) is 0.700. The predicted octanol–water partition coefficient (Wildman–Crippen LogP) is -2.09. The molecule has 1 aliphatic rings. The van der Waals surface area contributed by atoms with Gasteiger partial charge in [-0.3, -0.25) is 0 Å². The third-order valence-corrected chi connectivity index (χ3v) is 2.43. The highest BCUT2D eigenvalue weighted by molar-refractivity contribution is 5.87. The minimum Gasteiger partial charge on any atom is -0.453 e. The lowest BCUT2D eigenvalue weighted by molar-refractivity contribution is -0.289. The van der Waals surface area contributed by atoms with Crippen LogP contribution in [0.4, 0.5) is 0 Å². The summed E-state index contributed by atoms with van der Waals surface area (Å²) in [5.41, 5.74) is 0.0888. The summed E-state index contributed by atoms with van der Waals surface area (Å²) in [7, 11) is 0. The van der Waals surface area contributed by atoms with Gasteiger partial charge in [-0.25, -0.2) is 4.79 Å². The van der Waals surface area contributed by atoms with E-state index in [2.05, 4.69) is 6.58 Å². The maximum atomic E-state index is 11.3. The summed E-state index contributed by atoms with van der Waals surface area (Å²) in [4.78, 5) is 11.3. The van der Waals surface area contributed by atoms with E-state index in [4.69, 9.17) is 14.6 Å². The van der Waals surface area contributed by atoms with Crippen LogP contribution in [0, 0.1) is 0 Å². The smallest absolute Gasteiger partial charge is 0.333 e. The number of carbonyl (C=O) groups is 1. The molecule has 1 heterocycles. The molecule has 0 spiro atoms. The fourth-order valence-electron chi connectivity index (χ4n) is 1.43. The molecular weight excluding hydrogens is 232 g/mol. The number of rotatable bonds is 3. The third-order valence-electron chi connectivity index (χ3n) is 2.43. The van der Waals surface area contributed by atoms with Crippen molar-refractivity contribution in [3.8, 4) is 0 Å². The van der Waals surface area contributed by atoms with E-state index in [1.54, 1.807) is 0 Å². The van der Waals surface area contributed by atoms with Crippen molar-refractivity contribution in [1.29, 1.82) is 0 Å². The summed E-state index contributed by atoms with van der Waals surface area (Å²) in [5.74, 6) is -0.807. The molecule has 5 atom stereocenters. The van der Waals surface area contributed by atoms with E-state index in [-0.39, 0.29) is 5.57 Å². The third kappa shape index (κ3) is 3.02. The average Bonchev–Trinajstić information content (AvgIpc) is 2.28. The SMILES string of the molecule is C=C(C)C(=O)O[C@H]1[C@@H](O)[C@@H](CO)OC(O)[C@@H]1O. The molecule has 0 amide bonds. The van der Waals surface area contributed by atoms with Crippen LogP contribution in [0.15, 0.2) is 12.2 Å². The highest BCUT2D eigenvalue weighted by Crippen LogP contribution is 2.22. The van der Waals surface area contributed by atoms with Crippen molar-refractivity contribution in [3.05, 3.63) is 12.2 Å². The van der Waals surface area contributed by atoms with Crippen LogP contribution in [-0.2, 0) is 14.3 Å². The molecule has 0 radical (unpaired) electrons. The number of esters is 1. The van der Waals surface area contributed by atoms with Crippen molar-refractivity contribution in [1.82, 2.24) is 0 Å². The summed E-state index contributed by atoms with van der Waals surface area (Å²) in [6.07, 6.45) is -7.16. The van der Waals surface area contributed by atoms with Gasteiger partial charge in [-0.05, 0) is 6.92 Å². The minimum atomic E-state index is -1.64. The summed E-state index contributed by atoms with van der Waals surface area (Å²) in [5, 5.41) is 37.4. The molecule has 7 heteroatoms. The lowest BCUT2D eigenvalue weighted by Gasteiger charge is -2.39. The van der Waals surface area contributed by atoms with E-state index in [0.717, 1.165) is 0 Å². The van der Waals surface area contributed by atoms with Crippen LogP contribution in [0.5, 0.6) is 0 Å². The number of aliphatic hydroxyl groups excluding tert-OH is 4. The van der Waals surface area contributed by atoms with Crippen LogP contribution < -0.4 is 0 Å². The maximum absolute atomic E-state index is 11.3. The van der Waals surface area contributed by atoms with Crippen LogP contribution in [-0.4, -0.2) is 63.7 Å². The zero-order chi connectivity index (χ0) is 13.2. The van der Waals surface area contributed by atoms with Crippen molar-refractivity contribution < 1.29 is 34.7 Å². The number of ether oxygens (including phenoxy) is 2. The molecule has 1 aliphatic heterocycles. The minimum absolute atomic E-state index is 0.0888. The highest BCUT2D eigenvalue weighted by atomic mass is 16.7. The van der Waals surface area contributed by atoms with E-state index in [1.165, 1.54) is 6.92 Å².